The van der Waals surface area contributed by atoms with Crippen LogP contribution in [0.2, 0.25) is 0 Å². The standard InChI is InChI=1S/C12H13BrF4O/c1-2-5-11(14,15)9-4-3-8(13)6-10(9)12(16,17)7-18/h3-4,6,18H,2,5,7H2,1H3. The van der Waals surface area contributed by atoms with Crippen LogP contribution in [0.3, 0.4) is 0 Å². The van der Waals surface area contributed by atoms with Crippen molar-refractivity contribution in [3.8, 4) is 0 Å². The molecule has 0 spiro atoms. The van der Waals surface area contributed by atoms with Gasteiger partial charge in [0.15, 0.2) is 0 Å². The Bertz CT molecular complexity index is 421. The first-order chi connectivity index (χ1) is 8.24. The molecule has 0 aliphatic heterocycles. The summed E-state index contributed by atoms with van der Waals surface area (Å²) >= 11 is 2.96. The summed E-state index contributed by atoms with van der Waals surface area (Å²) in [7, 11) is 0. The van der Waals surface area contributed by atoms with Crippen molar-refractivity contribution in [2.75, 3.05) is 6.61 Å². The summed E-state index contributed by atoms with van der Waals surface area (Å²) in [5.74, 6) is -7.01. The molecule has 0 bridgehead atoms. The Kier molecular flexibility index (Phi) is 4.78. The summed E-state index contributed by atoms with van der Waals surface area (Å²) in [5, 5.41) is 8.65. The van der Waals surface area contributed by atoms with Gasteiger partial charge in [0.2, 0.25) is 0 Å². The van der Waals surface area contributed by atoms with Crippen LogP contribution in [0.4, 0.5) is 17.6 Å². The lowest BCUT2D eigenvalue weighted by Crippen LogP contribution is -2.25. The zero-order valence-electron chi connectivity index (χ0n) is 9.69. The van der Waals surface area contributed by atoms with Gasteiger partial charge in [0, 0.05) is 22.0 Å². The van der Waals surface area contributed by atoms with Gasteiger partial charge in [0.05, 0.1) is 0 Å². The van der Waals surface area contributed by atoms with Crippen molar-refractivity contribution in [1.29, 1.82) is 0 Å². The summed E-state index contributed by atoms with van der Waals surface area (Å²) in [5.41, 5.74) is -1.57. The predicted octanol–water partition coefficient (Wildman–Crippen LogP) is 4.43. The molecule has 1 rings (SSSR count). The van der Waals surface area contributed by atoms with Gasteiger partial charge in [-0.3, -0.25) is 0 Å². The molecule has 0 heterocycles. The predicted molar refractivity (Wildman–Crippen MR) is 63.9 cm³/mol. The molecule has 0 amide bonds. The maximum atomic E-state index is 13.8. The summed E-state index contributed by atoms with van der Waals surface area (Å²) in [6.07, 6.45) is -0.337. The molecule has 0 aliphatic carbocycles. The number of halogens is 5. The van der Waals surface area contributed by atoms with Gasteiger partial charge >= 0.3 is 0 Å². The summed E-state index contributed by atoms with van der Waals surface area (Å²) in [6.45, 7) is 0.0509. The lowest BCUT2D eigenvalue weighted by molar-refractivity contribution is -0.0668. The fourth-order valence-corrected chi connectivity index (χ4v) is 2.03. The average molecular weight is 329 g/mol. The molecule has 0 unspecified atom stereocenters. The molecule has 0 aliphatic rings. The molecule has 1 aromatic carbocycles. The highest BCUT2D eigenvalue weighted by Gasteiger charge is 2.41. The molecule has 18 heavy (non-hydrogen) atoms. The van der Waals surface area contributed by atoms with E-state index in [-0.39, 0.29) is 10.9 Å². The van der Waals surface area contributed by atoms with Gasteiger partial charge in [-0.25, -0.2) is 8.78 Å². The minimum atomic E-state index is -3.68. The van der Waals surface area contributed by atoms with E-state index < -0.39 is 36.0 Å². The fourth-order valence-electron chi connectivity index (χ4n) is 1.67. The van der Waals surface area contributed by atoms with E-state index >= 15 is 0 Å². The highest BCUT2D eigenvalue weighted by Crippen LogP contribution is 2.41. The van der Waals surface area contributed by atoms with Crippen molar-refractivity contribution in [3.63, 3.8) is 0 Å². The van der Waals surface area contributed by atoms with E-state index in [0.717, 1.165) is 12.1 Å². The number of hydrogen-bond acceptors (Lipinski definition) is 1. The van der Waals surface area contributed by atoms with Gasteiger partial charge in [-0.2, -0.15) is 8.78 Å². The van der Waals surface area contributed by atoms with Gasteiger partial charge in [-0.1, -0.05) is 35.3 Å². The highest BCUT2D eigenvalue weighted by molar-refractivity contribution is 9.10. The molecule has 0 aromatic heterocycles. The largest absolute Gasteiger partial charge is 0.390 e. The van der Waals surface area contributed by atoms with E-state index in [1.54, 1.807) is 6.92 Å². The molecule has 102 valence electrons. The third-order valence-electron chi connectivity index (χ3n) is 2.53. The van der Waals surface area contributed by atoms with Crippen molar-refractivity contribution < 1.29 is 22.7 Å². The number of benzene rings is 1. The Hall–Kier alpha value is -0.620. The van der Waals surface area contributed by atoms with Crippen LogP contribution in [0.25, 0.3) is 0 Å². The SMILES string of the molecule is CCCC(F)(F)c1ccc(Br)cc1C(F)(F)CO. The second kappa shape index (κ2) is 5.57. The van der Waals surface area contributed by atoms with Crippen LogP contribution in [0.15, 0.2) is 22.7 Å². The van der Waals surface area contributed by atoms with E-state index in [2.05, 4.69) is 15.9 Å². The zero-order chi connectivity index (χ0) is 14.0. The molecular formula is C12H13BrF4O. The Balaban J connectivity index is 3.36. The van der Waals surface area contributed by atoms with Crippen LogP contribution >= 0.6 is 15.9 Å². The van der Waals surface area contributed by atoms with Gasteiger partial charge < -0.3 is 5.11 Å². The number of aliphatic hydroxyl groups is 1. The third kappa shape index (κ3) is 3.23. The van der Waals surface area contributed by atoms with Gasteiger partial charge in [0.25, 0.3) is 11.8 Å². The van der Waals surface area contributed by atoms with Crippen LogP contribution < -0.4 is 0 Å². The first-order valence-corrected chi connectivity index (χ1v) is 6.21. The van der Waals surface area contributed by atoms with Crippen molar-refractivity contribution in [1.82, 2.24) is 0 Å². The Morgan fingerprint density at radius 3 is 2.22 bits per heavy atom. The summed E-state index contributed by atoms with van der Waals surface area (Å²) in [6, 6.07) is 3.18. The van der Waals surface area contributed by atoms with Crippen molar-refractivity contribution in [2.24, 2.45) is 0 Å². The smallest absolute Gasteiger partial charge is 0.296 e. The second-order valence-corrected chi connectivity index (χ2v) is 4.92. The Labute approximate surface area is 111 Å². The molecule has 0 saturated heterocycles. The number of alkyl halides is 4. The molecule has 1 N–H and O–H groups in total. The Morgan fingerprint density at radius 2 is 1.72 bits per heavy atom. The van der Waals surface area contributed by atoms with Crippen LogP contribution in [0, 0.1) is 0 Å². The molecule has 0 fully saturated rings. The summed E-state index contributed by atoms with van der Waals surface area (Å²) in [4.78, 5) is 0. The van der Waals surface area contributed by atoms with E-state index in [1.807, 2.05) is 0 Å². The second-order valence-electron chi connectivity index (χ2n) is 4.01. The zero-order valence-corrected chi connectivity index (χ0v) is 11.3. The molecular weight excluding hydrogens is 316 g/mol. The van der Waals surface area contributed by atoms with Crippen molar-refractivity contribution >= 4 is 15.9 Å². The molecule has 6 heteroatoms. The van der Waals surface area contributed by atoms with Crippen molar-refractivity contribution in [2.45, 2.75) is 31.6 Å². The molecule has 0 radical (unpaired) electrons. The lowest BCUT2D eigenvalue weighted by Gasteiger charge is -2.24. The topological polar surface area (TPSA) is 20.2 Å². The van der Waals surface area contributed by atoms with Crippen molar-refractivity contribution in [3.05, 3.63) is 33.8 Å². The van der Waals surface area contributed by atoms with Crippen LogP contribution in [-0.2, 0) is 11.8 Å². The quantitative estimate of drug-likeness (QED) is 0.793. The molecule has 1 nitrogen and oxygen atoms in total. The van der Waals surface area contributed by atoms with Crippen LogP contribution in [0.5, 0.6) is 0 Å². The van der Waals surface area contributed by atoms with Gasteiger partial charge in [-0.05, 0) is 12.1 Å². The molecule has 1 aromatic rings. The minimum Gasteiger partial charge on any atom is -0.390 e. The van der Waals surface area contributed by atoms with E-state index in [1.165, 1.54) is 6.07 Å². The molecule has 0 atom stereocenters. The fraction of sp³-hybridized carbons (Fsp3) is 0.500. The number of hydrogen-bond donors (Lipinski definition) is 1. The normalized spacial score (nSPS) is 12.8. The minimum absolute atomic E-state index is 0.174. The number of aliphatic hydroxyl groups excluding tert-OH is 1. The Morgan fingerprint density at radius 1 is 1.11 bits per heavy atom. The van der Waals surface area contributed by atoms with E-state index in [9.17, 15) is 17.6 Å². The molecule has 0 saturated carbocycles. The van der Waals surface area contributed by atoms with Crippen LogP contribution in [0.1, 0.15) is 30.9 Å². The average Bonchev–Trinajstić information content (AvgIpc) is 2.28. The number of rotatable bonds is 5. The summed E-state index contributed by atoms with van der Waals surface area (Å²) < 4.78 is 54.8. The van der Waals surface area contributed by atoms with E-state index in [0.29, 0.717) is 0 Å². The lowest BCUT2D eigenvalue weighted by atomic mass is 9.95. The maximum absolute atomic E-state index is 13.8. The maximum Gasteiger partial charge on any atom is 0.296 e. The van der Waals surface area contributed by atoms with Crippen LogP contribution in [-0.4, -0.2) is 11.7 Å². The highest BCUT2D eigenvalue weighted by atomic mass is 79.9. The van der Waals surface area contributed by atoms with Gasteiger partial charge in [0.1, 0.15) is 6.61 Å². The van der Waals surface area contributed by atoms with Gasteiger partial charge in [-0.15, -0.1) is 0 Å². The first-order valence-electron chi connectivity index (χ1n) is 5.41. The monoisotopic (exact) mass is 328 g/mol. The first kappa shape index (κ1) is 15.4. The third-order valence-corrected chi connectivity index (χ3v) is 3.03. The van der Waals surface area contributed by atoms with E-state index in [4.69, 9.17) is 5.11 Å².